The number of esters is 1. The molecule has 0 aromatic heterocycles. The van der Waals surface area contributed by atoms with Crippen LogP contribution in [0.1, 0.15) is 91.7 Å². The molecule has 0 radical (unpaired) electrons. The Morgan fingerprint density at radius 2 is 1.88 bits per heavy atom. The zero-order valence-corrected chi connectivity index (χ0v) is 36.6. The maximum atomic E-state index is 14.1. The van der Waals surface area contributed by atoms with Gasteiger partial charge in [-0.3, -0.25) is 14.9 Å². The molecule has 1 aromatic carbocycles. The van der Waals surface area contributed by atoms with E-state index in [0.717, 1.165) is 23.1 Å². The summed E-state index contributed by atoms with van der Waals surface area (Å²) in [5, 5.41) is 15.0. The summed E-state index contributed by atoms with van der Waals surface area (Å²) in [5.74, 6) is -1.59. The van der Waals surface area contributed by atoms with E-state index in [2.05, 4.69) is 5.32 Å². The number of nitrogens with one attached hydrogen (secondary N) is 1. The van der Waals surface area contributed by atoms with Crippen LogP contribution in [0.2, 0.25) is 5.02 Å². The minimum atomic E-state index is -1.61. The monoisotopic (exact) mass is 835 g/mol. The van der Waals surface area contributed by atoms with E-state index in [9.17, 15) is 29.1 Å². The van der Waals surface area contributed by atoms with Crippen LogP contribution in [-0.4, -0.2) is 100 Å². The molecule has 4 bridgehead atoms. The lowest BCUT2D eigenvalue weighted by Gasteiger charge is -2.41. The van der Waals surface area contributed by atoms with Gasteiger partial charge in [0.15, 0.2) is 0 Å². The fourth-order valence-electron chi connectivity index (χ4n) is 7.08. The first-order chi connectivity index (χ1) is 26.2. The maximum absolute atomic E-state index is 14.1. The molecule has 0 saturated carbocycles. The zero-order chi connectivity index (χ0) is 41.7. The highest BCUT2D eigenvalue weighted by molar-refractivity contribution is 8.76. The molecule has 2 fully saturated rings. The number of aryl methyl sites for hydroxylation is 1. The van der Waals surface area contributed by atoms with E-state index in [1.54, 1.807) is 56.5 Å². The molecular formula is C41H58ClN3O9S2. The van der Waals surface area contributed by atoms with Crippen LogP contribution in [-0.2, 0) is 39.8 Å². The Balaban J connectivity index is 1.59. The van der Waals surface area contributed by atoms with Crippen LogP contribution in [0.3, 0.4) is 0 Å². The van der Waals surface area contributed by atoms with Crippen LogP contribution in [0.5, 0.6) is 0 Å². The molecule has 3 amide bonds. The number of Topliss-reactive ketones (excluding diaryl/α,β-unsaturated/α-hetero) is 1. The third-order valence-corrected chi connectivity index (χ3v) is 14.7. The number of ether oxygens (including phenoxy) is 3. The van der Waals surface area contributed by atoms with E-state index < -0.39 is 59.6 Å². The van der Waals surface area contributed by atoms with Crippen molar-refractivity contribution >= 4 is 68.5 Å². The van der Waals surface area contributed by atoms with Crippen LogP contribution < -0.4 is 10.2 Å². The van der Waals surface area contributed by atoms with Crippen molar-refractivity contribution in [3.05, 3.63) is 52.1 Å². The highest BCUT2D eigenvalue weighted by Gasteiger charge is 2.64. The number of anilines is 1. The Morgan fingerprint density at radius 3 is 2.55 bits per heavy atom. The van der Waals surface area contributed by atoms with Gasteiger partial charge in [0.05, 0.1) is 23.2 Å². The third kappa shape index (κ3) is 11.3. The van der Waals surface area contributed by atoms with Gasteiger partial charge >= 0.3 is 12.1 Å². The van der Waals surface area contributed by atoms with Gasteiger partial charge in [-0.2, -0.15) is 0 Å². The number of rotatable bonds is 11. The lowest BCUT2D eigenvalue weighted by atomic mass is 9.82. The lowest BCUT2D eigenvalue weighted by molar-refractivity contribution is -0.161. The number of epoxide rings is 1. The first-order valence-electron chi connectivity index (χ1n) is 19.2. The SMILES string of the molecule is CC(=O)CCC(C)SSCCC(=O)N(C)[C@@H](C)C(=O)O[C@H]1CC(=O)N(C)c2cc(cc(C)c2Cl)C/C(C)=C/C=C/[C@@H](C)[C@@]2(O)CC(OC(=O)N2)[C@@H](C)[C@@H]2O[C@@]12C. The molecule has 310 valence electrons. The first-order valence-corrected chi connectivity index (χ1v) is 21.9. The molecule has 9 atom stereocenters. The Kier molecular flexibility index (Phi) is 15.6. The molecule has 2 unspecified atom stereocenters. The van der Waals surface area contributed by atoms with Gasteiger partial charge < -0.3 is 33.9 Å². The molecule has 56 heavy (non-hydrogen) atoms. The first kappa shape index (κ1) is 45.7. The summed E-state index contributed by atoms with van der Waals surface area (Å²) >= 11 is 6.79. The number of fused-ring (bicyclic) bond motifs is 5. The summed E-state index contributed by atoms with van der Waals surface area (Å²) in [5.41, 5.74) is 0.476. The summed E-state index contributed by atoms with van der Waals surface area (Å²) in [7, 11) is 6.35. The number of alkyl carbamates (subject to hydrolysis) is 1. The van der Waals surface area contributed by atoms with E-state index >= 15 is 0 Å². The molecular weight excluding hydrogens is 778 g/mol. The maximum Gasteiger partial charge on any atom is 0.409 e. The predicted octanol–water partition coefficient (Wildman–Crippen LogP) is 6.96. The highest BCUT2D eigenvalue weighted by Crippen LogP contribution is 2.49. The Morgan fingerprint density at radius 1 is 1.18 bits per heavy atom. The Hall–Kier alpha value is -3.04. The van der Waals surface area contributed by atoms with Crippen molar-refractivity contribution in [1.82, 2.24) is 10.2 Å². The normalized spacial score (nSPS) is 30.8. The van der Waals surface area contributed by atoms with Crippen LogP contribution >= 0.6 is 33.2 Å². The molecule has 2 N–H and O–H groups in total. The van der Waals surface area contributed by atoms with Crippen molar-refractivity contribution in [2.75, 3.05) is 24.7 Å². The molecule has 15 heteroatoms. The molecule has 0 spiro atoms. The van der Waals surface area contributed by atoms with Gasteiger partial charge in [0.1, 0.15) is 35.4 Å². The van der Waals surface area contributed by atoms with E-state index in [-0.39, 0.29) is 42.1 Å². The van der Waals surface area contributed by atoms with Crippen molar-refractivity contribution in [3.63, 3.8) is 0 Å². The number of ketones is 1. The number of allylic oxidation sites excluding steroid dienone is 3. The second-order valence-electron chi connectivity index (χ2n) is 15.9. The number of amides is 3. The molecule has 12 nitrogen and oxygen atoms in total. The minimum Gasteiger partial charge on any atom is -0.457 e. The fourth-order valence-corrected chi connectivity index (χ4v) is 9.64. The number of carbonyl (C=O) groups excluding carboxylic acids is 5. The second kappa shape index (κ2) is 19.1. The predicted molar refractivity (Wildman–Crippen MR) is 222 cm³/mol. The van der Waals surface area contributed by atoms with Gasteiger partial charge in [-0.1, -0.05) is 83.8 Å². The fraction of sp³-hybridized carbons (Fsp3) is 0.634. The number of likely N-dealkylation sites (N-methyl/N-ethyl adjacent to an activating group) is 1. The molecule has 4 rings (SSSR count). The number of hydrogen-bond acceptors (Lipinski definition) is 11. The van der Waals surface area contributed by atoms with Crippen molar-refractivity contribution in [3.8, 4) is 0 Å². The summed E-state index contributed by atoms with van der Waals surface area (Å²) in [6.45, 7) is 14.5. The van der Waals surface area contributed by atoms with Crippen LogP contribution in [0.4, 0.5) is 10.5 Å². The quantitative estimate of drug-likeness (QED) is 0.103. The zero-order valence-electron chi connectivity index (χ0n) is 34.2. The van der Waals surface area contributed by atoms with Crippen LogP contribution in [0.15, 0.2) is 35.9 Å². The lowest BCUT2D eigenvalue weighted by Crippen LogP contribution is -2.60. The number of nitrogens with zero attached hydrogens (tertiary/aromatic N) is 2. The molecule has 0 aliphatic carbocycles. The topological polar surface area (TPSA) is 155 Å². The van der Waals surface area contributed by atoms with E-state index in [1.165, 1.54) is 9.80 Å². The number of aliphatic hydroxyl groups is 1. The van der Waals surface area contributed by atoms with Gasteiger partial charge in [0.25, 0.3) is 0 Å². The van der Waals surface area contributed by atoms with Gasteiger partial charge in [0, 0.05) is 56.2 Å². The molecule has 1 aromatic rings. The minimum absolute atomic E-state index is 0.0673. The van der Waals surface area contributed by atoms with Crippen molar-refractivity contribution in [2.24, 2.45) is 11.8 Å². The molecule has 3 heterocycles. The summed E-state index contributed by atoms with van der Waals surface area (Å²) in [4.78, 5) is 68.1. The number of benzene rings is 1. The number of halogens is 1. The summed E-state index contributed by atoms with van der Waals surface area (Å²) in [6.07, 6.45) is 4.26. The standard InChI is InChI=1S/C41H58ClN3O9S2/c1-23-12-11-13-25(3)41(51)22-32(52-39(50)43-41)28(6)37-40(8,54-37)33(21-35(48)45(10)31-20-30(18-23)19-24(2)36(31)42)53-38(49)29(7)44(9)34(47)16-17-55-56-27(5)15-14-26(4)46/h11-13,19-20,25,27-29,32-33,37,51H,14-18,21-22H2,1-10H3,(H,43,50)/b13-11+,23-12+/t25-,27?,28-,29+,32?,33+,37+,40+,41+/m1/s1. The average Bonchev–Trinajstić information content (AvgIpc) is 3.83. The highest BCUT2D eigenvalue weighted by atomic mass is 35.5. The van der Waals surface area contributed by atoms with Gasteiger partial charge in [-0.15, -0.1) is 0 Å². The van der Waals surface area contributed by atoms with Crippen molar-refractivity contribution in [2.45, 2.75) is 135 Å². The Bertz CT molecular complexity index is 1720. The number of hydrogen-bond donors (Lipinski definition) is 2. The van der Waals surface area contributed by atoms with E-state index in [0.29, 0.717) is 29.3 Å². The van der Waals surface area contributed by atoms with Crippen molar-refractivity contribution in [1.29, 1.82) is 0 Å². The molecule has 3 aliphatic heterocycles. The average molecular weight is 837 g/mol. The third-order valence-electron chi connectivity index (χ3n) is 11.2. The van der Waals surface area contributed by atoms with Crippen LogP contribution in [0, 0.1) is 18.8 Å². The molecule has 3 aliphatic rings. The van der Waals surface area contributed by atoms with Gasteiger partial charge in [-0.05, 0) is 64.7 Å². The van der Waals surface area contributed by atoms with Crippen molar-refractivity contribution < 1.29 is 43.3 Å². The second-order valence-corrected chi connectivity index (χ2v) is 19.2. The van der Waals surface area contributed by atoms with Gasteiger partial charge in [-0.25, -0.2) is 9.59 Å². The smallest absolute Gasteiger partial charge is 0.409 e. The summed E-state index contributed by atoms with van der Waals surface area (Å²) < 4.78 is 18.1. The largest absolute Gasteiger partial charge is 0.457 e. The van der Waals surface area contributed by atoms with E-state index in [1.807, 2.05) is 65.0 Å². The van der Waals surface area contributed by atoms with Crippen LogP contribution in [0.25, 0.3) is 0 Å². The van der Waals surface area contributed by atoms with E-state index in [4.69, 9.17) is 25.8 Å². The summed E-state index contributed by atoms with van der Waals surface area (Å²) in [6, 6.07) is 2.87. The number of carbonyl (C=O) groups is 5. The molecule has 2 saturated heterocycles. The Labute approximate surface area is 344 Å². The van der Waals surface area contributed by atoms with Gasteiger partial charge in [0.2, 0.25) is 11.8 Å².